The molecule has 0 aliphatic carbocycles. The molecular formula is C16H30N4O6S2. The fourth-order valence-corrected chi connectivity index (χ4v) is 3.00. The lowest BCUT2D eigenvalue weighted by atomic mass is 10.0. The van der Waals surface area contributed by atoms with Gasteiger partial charge in [-0.1, -0.05) is 31.9 Å². The fourth-order valence-electron chi connectivity index (χ4n) is 2.28. The summed E-state index contributed by atoms with van der Waals surface area (Å²) in [6.07, 6.45) is 0.324. The minimum atomic E-state index is -1.31. The van der Waals surface area contributed by atoms with Crippen molar-refractivity contribution in [2.24, 2.45) is 17.4 Å². The lowest BCUT2D eigenvalue weighted by molar-refractivity contribution is -0.161. The lowest BCUT2D eigenvalue weighted by Crippen LogP contribution is -2.50. The molecule has 28 heavy (non-hydrogen) atoms. The van der Waals surface area contributed by atoms with Crippen LogP contribution < -0.4 is 21.5 Å². The van der Waals surface area contributed by atoms with Gasteiger partial charge in [0.2, 0.25) is 5.91 Å². The van der Waals surface area contributed by atoms with Crippen molar-refractivity contribution in [2.75, 3.05) is 6.54 Å². The van der Waals surface area contributed by atoms with Gasteiger partial charge >= 0.3 is 11.9 Å². The molecule has 7 N–H and O–H groups in total. The van der Waals surface area contributed by atoms with Gasteiger partial charge in [-0.2, -0.15) is 0 Å². The number of amides is 2. The number of aliphatic carboxylic acids is 1. The first-order chi connectivity index (χ1) is 13.1. The monoisotopic (exact) mass is 438 g/mol. The van der Waals surface area contributed by atoms with Crippen molar-refractivity contribution in [3.63, 3.8) is 0 Å². The molecule has 12 heteroatoms. The number of carboxylic acids is 1. The summed E-state index contributed by atoms with van der Waals surface area (Å²) in [6, 6.07) is -2.00. The van der Waals surface area contributed by atoms with E-state index in [1.807, 2.05) is 0 Å². The molecule has 0 heterocycles. The number of carbonyl (C=O) groups excluding carboxylic acids is 3. The van der Waals surface area contributed by atoms with Gasteiger partial charge in [0.15, 0.2) is 6.10 Å². The molecule has 0 rings (SSSR count). The zero-order chi connectivity index (χ0) is 21.7. The van der Waals surface area contributed by atoms with Crippen LogP contribution in [0.4, 0.5) is 0 Å². The number of carboxylic acid groups (broad SMARTS) is 1. The molecule has 0 aromatic carbocycles. The highest BCUT2D eigenvalue weighted by Gasteiger charge is 2.32. The second kappa shape index (κ2) is 14.5. The Labute approximate surface area is 173 Å². The maximum atomic E-state index is 12.5. The van der Waals surface area contributed by atoms with Crippen molar-refractivity contribution in [1.82, 2.24) is 10.0 Å². The summed E-state index contributed by atoms with van der Waals surface area (Å²) in [6.45, 7) is 3.83. The SMILES string of the molecule is CC(C)[C@H](OC(=O)[C@H](CCCCN)NSS)C(=O)N[C@@H](CCC(N)=O)C(=O)O. The highest BCUT2D eigenvalue weighted by molar-refractivity contribution is 8.67. The third-order valence-electron chi connectivity index (χ3n) is 3.83. The molecule has 0 fully saturated rings. The number of rotatable bonds is 15. The van der Waals surface area contributed by atoms with E-state index in [2.05, 4.69) is 21.7 Å². The van der Waals surface area contributed by atoms with Gasteiger partial charge in [0.1, 0.15) is 12.1 Å². The van der Waals surface area contributed by atoms with Crippen LogP contribution in [0, 0.1) is 5.92 Å². The van der Waals surface area contributed by atoms with Gasteiger partial charge in [-0.05, 0) is 42.7 Å². The van der Waals surface area contributed by atoms with E-state index in [9.17, 15) is 24.3 Å². The zero-order valence-corrected chi connectivity index (χ0v) is 17.8. The molecule has 3 atom stereocenters. The Morgan fingerprint density at radius 2 is 1.79 bits per heavy atom. The highest BCUT2D eigenvalue weighted by Crippen LogP contribution is 2.14. The van der Waals surface area contributed by atoms with Gasteiger partial charge in [0, 0.05) is 6.42 Å². The number of unbranched alkanes of at least 4 members (excludes halogenated alkanes) is 1. The maximum absolute atomic E-state index is 12.5. The summed E-state index contributed by atoms with van der Waals surface area (Å²) in [7, 11) is 0.954. The normalized spacial score (nSPS) is 14.2. The number of esters is 1. The van der Waals surface area contributed by atoms with Crippen LogP contribution in [0.2, 0.25) is 0 Å². The van der Waals surface area contributed by atoms with Gasteiger partial charge < -0.3 is 26.6 Å². The average molecular weight is 439 g/mol. The molecule has 0 aliphatic rings. The van der Waals surface area contributed by atoms with Crippen LogP contribution in [-0.4, -0.2) is 53.6 Å². The van der Waals surface area contributed by atoms with Gasteiger partial charge in [-0.15, -0.1) is 0 Å². The van der Waals surface area contributed by atoms with Crippen LogP contribution in [0.5, 0.6) is 0 Å². The number of ether oxygens (including phenoxy) is 1. The van der Waals surface area contributed by atoms with Crippen molar-refractivity contribution in [2.45, 2.75) is 64.1 Å². The molecule has 0 aliphatic heterocycles. The van der Waals surface area contributed by atoms with Gasteiger partial charge in [-0.25, -0.2) is 9.52 Å². The number of primary amides is 1. The molecule has 0 radical (unpaired) electrons. The third kappa shape index (κ3) is 10.7. The van der Waals surface area contributed by atoms with Gasteiger partial charge in [0.25, 0.3) is 5.91 Å². The van der Waals surface area contributed by atoms with Crippen LogP contribution in [-0.2, 0) is 23.9 Å². The van der Waals surface area contributed by atoms with Crippen molar-refractivity contribution in [3.8, 4) is 0 Å². The van der Waals surface area contributed by atoms with E-state index in [4.69, 9.17) is 16.2 Å². The first kappa shape index (κ1) is 26.5. The van der Waals surface area contributed by atoms with Crippen molar-refractivity contribution in [1.29, 1.82) is 0 Å². The third-order valence-corrected chi connectivity index (χ3v) is 4.53. The van der Waals surface area contributed by atoms with Gasteiger partial charge in [-0.3, -0.25) is 14.4 Å². The molecule has 0 aromatic rings. The van der Waals surface area contributed by atoms with E-state index in [0.717, 1.165) is 17.4 Å². The predicted molar refractivity (Wildman–Crippen MR) is 109 cm³/mol. The van der Waals surface area contributed by atoms with E-state index < -0.39 is 47.9 Å². The number of hydrogen-bond acceptors (Lipinski definition) is 9. The van der Waals surface area contributed by atoms with Crippen LogP contribution in [0.1, 0.15) is 46.0 Å². The number of carbonyl (C=O) groups is 4. The molecule has 0 spiro atoms. The Morgan fingerprint density at radius 3 is 2.25 bits per heavy atom. The predicted octanol–water partition coefficient (Wildman–Crippen LogP) is -0.0307. The molecule has 10 nitrogen and oxygen atoms in total. The Bertz CT molecular complexity index is 535. The Balaban J connectivity index is 5.05. The quantitative estimate of drug-likeness (QED) is 0.0674. The first-order valence-electron chi connectivity index (χ1n) is 8.92. The molecule has 0 aromatic heterocycles. The standard InChI is InChI=1S/C16H30N4O6S2/c1-9(2)13(14(22)19-10(15(23)24)6-7-12(18)21)26-16(25)11(20-28-27)5-3-4-8-17/h9-11,13,20,27H,3-8,17H2,1-2H3,(H2,18,21)(H,19,22)(H,23,24)/t10-,11-,13-/m0/s1. The van der Waals surface area contributed by atoms with E-state index >= 15 is 0 Å². The number of nitrogens with one attached hydrogen (secondary N) is 2. The van der Waals surface area contributed by atoms with Crippen LogP contribution in [0.25, 0.3) is 0 Å². The summed E-state index contributed by atoms with van der Waals surface area (Å²) in [5.74, 6) is -3.78. The maximum Gasteiger partial charge on any atom is 0.326 e. The van der Waals surface area contributed by atoms with Crippen LogP contribution in [0.3, 0.4) is 0 Å². The largest absolute Gasteiger partial charge is 0.480 e. The summed E-state index contributed by atoms with van der Waals surface area (Å²) < 4.78 is 8.15. The second-order valence-corrected chi connectivity index (χ2v) is 7.52. The molecule has 0 unspecified atom stereocenters. The van der Waals surface area contributed by atoms with Crippen molar-refractivity contribution in [3.05, 3.63) is 0 Å². The van der Waals surface area contributed by atoms with E-state index in [1.165, 1.54) is 0 Å². The molecule has 2 amide bonds. The smallest absolute Gasteiger partial charge is 0.326 e. The van der Waals surface area contributed by atoms with Crippen molar-refractivity contribution >= 4 is 46.4 Å². The highest BCUT2D eigenvalue weighted by atomic mass is 33.1. The first-order valence-corrected chi connectivity index (χ1v) is 10.8. The summed E-state index contributed by atoms with van der Waals surface area (Å²) >= 11 is 3.97. The summed E-state index contributed by atoms with van der Waals surface area (Å²) in [4.78, 5) is 47.1. The minimum absolute atomic E-state index is 0.158. The fraction of sp³-hybridized carbons (Fsp3) is 0.750. The number of hydrogen-bond donors (Lipinski definition) is 6. The Morgan fingerprint density at radius 1 is 1.14 bits per heavy atom. The zero-order valence-electron chi connectivity index (χ0n) is 16.1. The van der Waals surface area contributed by atoms with E-state index in [1.54, 1.807) is 13.8 Å². The summed E-state index contributed by atoms with van der Waals surface area (Å²) in [5, 5.41) is 11.5. The average Bonchev–Trinajstić information content (AvgIpc) is 2.61. The molecule has 162 valence electrons. The van der Waals surface area contributed by atoms with Crippen LogP contribution in [0.15, 0.2) is 0 Å². The van der Waals surface area contributed by atoms with Gasteiger partial charge in [0.05, 0.1) is 0 Å². The Kier molecular flexibility index (Phi) is 13.7. The van der Waals surface area contributed by atoms with Crippen molar-refractivity contribution < 1.29 is 29.0 Å². The second-order valence-electron chi connectivity index (χ2n) is 6.55. The lowest BCUT2D eigenvalue weighted by Gasteiger charge is -2.25. The molecule has 0 bridgehead atoms. The Hall–Kier alpha value is -1.50. The van der Waals surface area contributed by atoms with Crippen LogP contribution >= 0.6 is 22.6 Å². The molecular weight excluding hydrogens is 408 g/mol. The minimum Gasteiger partial charge on any atom is -0.480 e. The molecule has 0 saturated heterocycles. The van der Waals surface area contributed by atoms with E-state index in [0.29, 0.717) is 19.4 Å². The summed E-state index contributed by atoms with van der Waals surface area (Å²) in [5.41, 5.74) is 10.5. The number of nitrogens with two attached hydrogens (primary N) is 2. The topological polar surface area (TPSA) is 174 Å². The van der Waals surface area contributed by atoms with E-state index in [-0.39, 0.29) is 12.8 Å². The number of thiol groups is 1. The molecule has 0 saturated carbocycles.